The summed E-state index contributed by atoms with van der Waals surface area (Å²) in [4.78, 5) is 29.7. The average molecular weight is 485 g/mol. The minimum Gasteiger partial charge on any atom is -0.497 e. The Bertz CT molecular complexity index is 1340. The minimum atomic E-state index is -0.882. The van der Waals surface area contributed by atoms with Crippen LogP contribution in [0, 0.1) is 0 Å². The number of nitrogens with zero attached hydrogens (tertiary/aromatic N) is 5. The molecule has 1 atom stereocenters. The summed E-state index contributed by atoms with van der Waals surface area (Å²) < 4.78 is 5.23. The number of ether oxygens (including phenoxy) is 1. The Morgan fingerprint density at radius 3 is 2.39 bits per heavy atom. The van der Waals surface area contributed by atoms with Crippen molar-refractivity contribution in [3.05, 3.63) is 90.6 Å². The lowest BCUT2D eigenvalue weighted by molar-refractivity contribution is -0.125. The van der Waals surface area contributed by atoms with E-state index in [0.717, 1.165) is 11.1 Å². The molecule has 0 aliphatic rings. The standard InChI is InChI=1S/C27H28N6O3/c1-19(34)33(32-18-25(29-30-32)21-10-7-11-22(28)17-21)26(16-20-8-5-4-6-9-20)27(35)31(2)23-12-14-24(36-3)15-13-23/h4-15,17-18,26H,16,28H2,1-3H3/t26-/m0/s1. The van der Waals surface area contributed by atoms with Crippen LogP contribution >= 0.6 is 0 Å². The van der Waals surface area contributed by atoms with E-state index in [2.05, 4.69) is 10.3 Å². The maximum absolute atomic E-state index is 13.9. The topological polar surface area (TPSA) is 107 Å². The monoisotopic (exact) mass is 484 g/mol. The molecule has 184 valence electrons. The Kier molecular flexibility index (Phi) is 7.29. The van der Waals surface area contributed by atoms with Gasteiger partial charge in [-0.1, -0.05) is 42.5 Å². The number of likely N-dealkylation sites (N-methyl/N-ethyl adjacent to an activating group) is 1. The summed E-state index contributed by atoms with van der Waals surface area (Å²) in [5.74, 6) is 0.0548. The fourth-order valence-electron chi connectivity index (χ4n) is 3.97. The van der Waals surface area contributed by atoms with E-state index in [1.165, 1.54) is 21.6 Å². The van der Waals surface area contributed by atoms with Crippen molar-refractivity contribution in [1.82, 2.24) is 15.1 Å². The van der Waals surface area contributed by atoms with E-state index in [4.69, 9.17) is 10.5 Å². The van der Waals surface area contributed by atoms with Crippen molar-refractivity contribution >= 4 is 23.2 Å². The summed E-state index contributed by atoms with van der Waals surface area (Å²) in [6, 6.07) is 23.0. The van der Waals surface area contributed by atoms with Gasteiger partial charge in [-0.2, -0.15) is 4.79 Å². The highest BCUT2D eigenvalue weighted by Gasteiger charge is 2.33. The second kappa shape index (κ2) is 10.7. The van der Waals surface area contributed by atoms with Gasteiger partial charge < -0.3 is 15.4 Å². The number of amides is 2. The lowest BCUT2D eigenvalue weighted by Gasteiger charge is -2.32. The lowest BCUT2D eigenvalue weighted by atomic mass is 10.0. The fraction of sp³-hybridized carbons (Fsp3) is 0.185. The molecule has 36 heavy (non-hydrogen) atoms. The van der Waals surface area contributed by atoms with Crippen LogP contribution in [0.1, 0.15) is 12.5 Å². The number of hydrogen-bond acceptors (Lipinski definition) is 6. The quantitative estimate of drug-likeness (QED) is 0.385. The maximum Gasteiger partial charge on any atom is 0.252 e. The zero-order chi connectivity index (χ0) is 25.7. The number of rotatable bonds is 8. The molecule has 2 N–H and O–H groups in total. The SMILES string of the molecule is COc1ccc(N(C)C(=O)[C@H](Cc2ccccc2)N(C(C)=O)n2cc(-c3cccc(N)c3)nn2)cc1. The number of nitrogens with two attached hydrogens (primary N) is 1. The van der Waals surface area contributed by atoms with Crippen LogP contribution in [0.5, 0.6) is 5.75 Å². The van der Waals surface area contributed by atoms with Crippen LogP contribution in [-0.4, -0.2) is 47.1 Å². The number of hydrogen-bond donors (Lipinski definition) is 1. The molecular formula is C27H28N6O3. The first-order chi connectivity index (χ1) is 17.4. The third-order valence-electron chi connectivity index (χ3n) is 5.85. The van der Waals surface area contributed by atoms with E-state index < -0.39 is 6.04 Å². The van der Waals surface area contributed by atoms with E-state index in [1.54, 1.807) is 56.8 Å². The molecule has 0 unspecified atom stereocenters. The van der Waals surface area contributed by atoms with Crippen LogP contribution in [0.3, 0.4) is 0 Å². The van der Waals surface area contributed by atoms with Crippen LogP contribution in [0.2, 0.25) is 0 Å². The highest BCUT2D eigenvalue weighted by Crippen LogP contribution is 2.22. The van der Waals surface area contributed by atoms with Crippen LogP contribution in [-0.2, 0) is 16.0 Å². The predicted molar refractivity (Wildman–Crippen MR) is 139 cm³/mol. The van der Waals surface area contributed by atoms with E-state index in [1.807, 2.05) is 42.5 Å². The number of methoxy groups -OCH3 is 1. The molecule has 0 saturated heterocycles. The molecule has 0 radical (unpaired) electrons. The molecule has 1 heterocycles. The molecule has 0 aliphatic carbocycles. The molecule has 4 aromatic rings. The fourth-order valence-corrected chi connectivity index (χ4v) is 3.97. The number of anilines is 2. The van der Waals surface area contributed by atoms with Crippen molar-refractivity contribution in [3.8, 4) is 17.0 Å². The van der Waals surface area contributed by atoms with Gasteiger partial charge in [0.15, 0.2) is 0 Å². The molecular weight excluding hydrogens is 456 g/mol. The number of benzene rings is 3. The van der Waals surface area contributed by atoms with Crippen LogP contribution in [0.25, 0.3) is 11.3 Å². The van der Waals surface area contributed by atoms with Gasteiger partial charge in [-0.05, 0) is 47.2 Å². The molecule has 0 bridgehead atoms. The Morgan fingerprint density at radius 1 is 1.03 bits per heavy atom. The van der Waals surface area contributed by atoms with Gasteiger partial charge in [-0.25, -0.2) is 5.01 Å². The maximum atomic E-state index is 13.9. The third kappa shape index (κ3) is 5.35. The Balaban J connectivity index is 1.72. The minimum absolute atomic E-state index is 0.278. The van der Waals surface area contributed by atoms with Crippen molar-refractivity contribution < 1.29 is 14.3 Å². The number of carbonyl (C=O) groups excluding carboxylic acids is 2. The molecule has 4 rings (SSSR count). The first kappa shape index (κ1) is 24.5. The highest BCUT2D eigenvalue weighted by molar-refractivity contribution is 6.02. The summed E-state index contributed by atoms with van der Waals surface area (Å²) >= 11 is 0. The first-order valence-electron chi connectivity index (χ1n) is 11.4. The van der Waals surface area contributed by atoms with Crippen molar-refractivity contribution in [2.45, 2.75) is 19.4 Å². The van der Waals surface area contributed by atoms with Crippen molar-refractivity contribution in [3.63, 3.8) is 0 Å². The zero-order valence-corrected chi connectivity index (χ0v) is 20.4. The van der Waals surface area contributed by atoms with Crippen molar-refractivity contribution in [2.24, 2.45) is 0 Å². The van der Waals surface area contributed by atoms with Crippen molar-refractivity contribution in [2.75, 3.05) is 29.8 Å². The smallest absolute Gasteiger partial charge is 0.252 e. The van der Waals surface area contributed by atoms with Gasteiger partial charge in [0.05, 0.1) is 13.3 Å². The normalized spacial score (nSPS) is 11.5. The van der Waals surface area contributed by atoms with E-state index in [-0.39, 0.29) is 18.2 Å². The van der Waals surface area contributed by atoms with Gasteiger partial charge in [0.2, 0.25) is 5.91 Å². The largest absolute Gasteiger partial charge is 0.497 e. The van der Waals surface area contributed by atoms with Crippen LogP contribution in [0.15, 0.2) is 85.1 Å². The van der Waals surface area contributed by atoms with Gasteiger partial charge in [0.1, 0.15) is 17.5 Å². The van der Waals surface area contributed by atoms with Gasteiger partial charge >= 0.3 is 0 Å². The molecule has 0 aliphatic heterocycles. The predicted octanol–water partition coefficient (Wildman–Crippen LogP) is 3.29. The number of nitrogen functional groups attached to an aromatic ring is 1. The Morgan fingerprint density at radius 2 is 1.75 bits per heavy atom. The number of aromatic nitrogens is 3. The van der Waals surface area contributed by atoms with Gasteiger partial charge in [-0.3, -0.25) is 9.59 Å². The van der Waals surface area contributed by atoms with E-state index in [9.17, 15) is 9.59 Å². The van der Waals surface area contributed by atoms with Gasteiger partial charge in [-0.15, -0.1) is 5.10 Å². The van der Waals surface area contributed by atoms with Crippen LogP contribution in [0.4, 0.5) is 11.4 Å². The Hall–Kier alpha value is -4.66. The summed E-state index contributed by atoms with van der Waals surface area (Å²) in [6.07, 6.45) is 1.90. The molecule has 9 heteroatoms. The second-order valence-corrected chi connectivity index (χ2v) is 8.31. The first-order valence-corrected chi connectivity index (χ1v) is 11.4. The van der Waals surface area contributed by atoms with Crippen molar-refractivity contribution in [1.29, 1.82) is 0 Å². The van der Waals surface area contributed by atoms with Gasteiger partial charge in [0, 0.05) is 37.3 Å². The van der Waals surface area contributed by atoms with E-state index in [0.29, 0.717) is 22.8 Å². The third-order valence-corrected chi connectivity index (χ3v) is 5.85. The summed E-state index contributed by atoms with van der Waals surface area (Å²) in [5.41, 5.74) is 9.36. The highest BCUT2D eigenvalue weighted by atomic mass is 16.5. The summed E-state index contributed by atoms with van der Waals surface area (Å²) in [6.45, 7) is 1.40. The summed E-state index contributed by atoms with van der Waals surface area (Å²) in [7, 11) is 3.26. The second-order valence-electron chi connectivity index (χ2n) is 8.31. The molecule has 0 spiro atoms. The van der Waals surface area contributed by atoms with Gasteiger partial charge in [0.25, 0.3) is 5.91 Å². The zero-order valence-electron chi connectivity index (χ0n) is 20.4. The molecule has 9 nitrogen and oxygen atoms in total. The Labute approximate surface area is 209 Å². The average Bonchev–Trinajstić information content (AvgIpc) is 3.37. The van der Waals surface area contributed by atoms with E-state index >= 15 is 0 Å². The molecule has 2 amide bonds. The molecule has 0 fully saturated rings. The summed E-state index contributed by atoms with van der Waals surface area (Å²) in [5, 5.41) is 9.75. The molecule has 0 saturated carbocycles. The molecule has 3 aromatic carbocycles. The number of carbonyl (C=O) groups is 2. The molecule has 1 aromatic heterocycles. The lowest BCUT2D eigenvalue weighted by Crippen LogP contribution is -2.56. The van der Waals surface area contributed by atoms with Crippen LogP contribution < -0.4 is 20.4 Å².